The van der Waals surface area contributed by atoms with Crippen LogP contribution in [-0.2, 0) is 16.6 Å². The quantitative estimate of drug-likeness (QED) is 0.842. The number of sulfonamides is 1. The van der Waals surface area contributed by atoms with Gasteiger partial charge in [-0.1, -0.05) is 19.9 Å². The van der Waals surface area contributed by atoms with Crippen LogP contribution in [0.4, 0.5) is 0 Å². The Morgan fingerprint density at radius 1 is 1.19 bits per heavy atom. The van der Waals surface area contributed by atoms with Crippen LogP contribution in [0.5, 0.6) is 0 Å². The Bertz CT molecular complexity index is 607. The highest BCUT2D eigenvalue weighted by Gasteiger charge is 2.37. The van der Waals surface area contributed by atoms with Crippen molar-refractivity contribution in [1.29, 1.82) is 0 Å². The highest BCUT2D eigenvalue weighted by atomic mass is 32.2. The summed E-state index contributed by atoms with van der Waals surface area (Å²) in [5.41, 5.74) is 3.04. The summed E-state index contributed by atoms with van der Waals surface area (Å²) in [6, 6.07) is 4.05. The maximum Gasteiger partial charge on any atom is 0.243 e. The van der Waals surface area contributed by atoms with Crippen LogP contribution in [-0.4, -0.2) is 31.9 Å². The first kappa shape index (κ1) is 16.5. The second-order valence-corrected chi connectivity index (χ2v) is 7.62. The molecular formula is C16H26N2O2S. The van der Waals surface area contributed by atoms with Crippen LogP contribution < -0.4 is 5.32 Å². The van der Waals surface area contributed by atoms with E-state index < -0.39 is 10.0 Å². The Morgan fingerprint density at radius 2 is 1.86 bits per heavy atom. The molecule has 0 saturated heterocycles. The lowest BCUT2D eigenvalue weighted by atomic mass is 10.1. The lowest BCUT2D eigenvalue weighted by Gasteiger charge is -2.22. The number of nitrogens with zero attached hydrogens (tertiary/aromatic N) is 1. The standard InChI is InChI=1S/C16H26N2O2S/c1-5-17-11-14-10-16(13(4)9-12(14)3)21(19,20)18(6-2)15-7-8-15/h9-10,15,17H,5-8,11H2,1-4H3. The monoisotopic (exact) mass is 310 g/mol. The van der Waals surface area contributed by atoms with E-state index in [1.165, 1.54) is 0 Å². The second kappa shape index (κ2) is 6.46. The van der Waals surface area contributed by atoms with Gasteiger partial charge in [-0.15, -0.1) is 0 Å². The molecule has 1 aliphatic carbocycles. The van der Waals surface area contributed by atoms with Crippen molar-refractivity contribution in [2.24, 2.45) is 0 Å². The molecule has 1 aliphatic rings. The Kier molecular flexibility index (Phi) is 5.07. The van der Waals surface area contributed by atoms with Gasteiger partial charge in [0.15, 0.2) is 0 Å². The van der Waals surface area contributed by atoms with Gasteiger partial charge in [-0.3, -0.25) is 0 Å². The third-order valence-corrected chi connectivity index (χ3v) is 6.22. The predicted octanol–water partition coefficient (Wildman–Crippen LogP) is 2.59. The molecular weight excluding hydrogens is 284 g/mol. The summed E-state index contributed by atoms with van der Waals surface area (Å²) in [5.74, 6) is 0. The van der Waals surface area contributed by atoms with Crippen molar-refractivity contribution in [3.8, 4) is 0 Å². The molecule has 0 heterocycles. The summed E-state index contributed by atoms with van der Waals surface area (Å²) in [7, 11) is -3.38. The number of rotatable bonds is 7. The van der Waals surface area contributed by atoms with Crippen molar-refractivity contribution >= 4 is 10.0 Å². The van der Waals surface area contributed by atoms with Crippen molar-refractivity contribution in [3.05, 3.63) is 28.8 Å². The second-order valence-electron chi connectivity index (χ2n) is 5.76. The number of hydrogen-bond donors (Lipinski definition) is 1. The summed E-state index contributed by atoms with van der Waals surface area (Å²) in [5, 5.41) is 3.27. The molecule has 0 unspecified atom stereocenters. The number of benzene rings is 1. The van der Waals surface area contributed by atoms with Crippen LogP contribution in [0.1, 0.15) is 43.4 Å². The van der Waals surface area contributed by atoms with Crippen LogP contribution >= 0.6 is 0 Å². The van der Waals surface area contributed by atoms with E-state index in [9.17, 15) is 8.42 Å². The van der Waals surface area contributed by atoms with Gasteiger partial charge < -0.3 is 5.32 Å². The van der Waals surface area contributed by atoms with E-state index in [4.69, 9.17) is 0 Å². The fourth-order valence-corrected chi connectivity index (χ4v) is 4.67. The Hall–Kier alpha value is -0.910. The highest BCUT2D eigenvalue weighted by Crippen LogP contribution is 2.33. The highest BCUT2D eigenvalue weighted by molar-refractivity contribution is 7.89. The van der Waals surface area contributed by atoms with Gasteiger partial charge >= 0.3 is 0 Å². The van der Waals surface area contributed by atoms with Gasteiger partial charge in [-0.05, 0) is 56.0 Å². The summed E-state index contributed by atoms with van der Waals surface area (Å²) in [6.45, 7) is 10.0. The lowest BCUT2D eigenvalue weighted by molar-refractivity contribution is 0.420. The molecule has 0 spiro atoms. The predicted molar refractivity (Wildman–Crippen MR) is 85.9 cm³/mol. The minimum Gasteiger partial charge on any atom is -0.313 e. The van der Waals surface area contributed by atoms with Gasteiger partial charge in [0, 0.05) is 19.1 Å². The summed E-state index contributed by atoms with van der Waals surface area (Å²) < 4.78 is 27.5. The van der Waals surface area contributed by atoms with E-state index in [-0.39, 0.29) is 6.04 Å². The molecule has 2 rings (SSSR count). The number of nitrogens with one attached hydrogen (secondary N) is 1. The molecule has 0 aromatic heterocycles. The van der Waals surface area contributed by atoms with Crippen LogP contribution in [0.2, 0.25) is 0 Å². The van der Waals surface area contributed by atoms with Gasteiger partial charge in [-0.2, -0.15) is 4.31 Å². The van der Waals surface area contributed by atoms with Crippen LogP contribution in [0.3, 0.4) is 0 Å². The molecule has 1 N–H and O–H groups in total. The van der Waals surface area contributed by atoms with Crippen molar-refractivity contribution < 1.29 is 8.42 Å². The van der Waals surface area contributed by atoms with Crippen molar-refractivity contribution in [2.75, 3.05) is 13.1 Å². The molecule has 0 atom stereocenters. The summed E-state index contributed by atoms with van der Waals surface area (Å²) >= 11 is 0. The fourth-order valence-electron chi connectivity index (χ4n) is 2.72. The minimum atomic E-state index is -3.38. The number of hydrogen-bond acceptors (Lipinski definition) is 3. The van der Waals surface area contributed by atoms with Gasteiger partial charge in [0.2, 0.25) is 10.0 Å². The van der Waals surface area contributed by atoms with Crippen molar-refractivity contribution in [1.82, 2.24) is 9.62 Å². The van der Waals surface area contributed by atoms with E-state index in [0.717, 1.165) is 36.1 Å². The molecule has 4 nitrogen and oxygen atoms in total. The molecule has 5 heteroatoms. The van der Waals surface area contributed by atoms with E-state index in [1.54, 1.807) is 4.31 Å². The first-order chi connectivity index (χ1) is 9.91. The largest absolute Gasteiger partial charge is 0.313 e. The molecule has 0 amide bonds. The maximum atomic E-state index is 12.9. The van der Waals surface area contributed by atoms with Crippen LogP contribution in [0.25, 0.3) is 0 Å². The normalized spacial score (nSPS) is 15.7. The first-order valence-electron chi connectivity index (χ1n) is 7.74. The van der Waals surface area contributed by atoms with Gasteiger partial charge in [-0.25, -0.2) is 8.42 Å². The van der Waals surface area contributed by atoms with E-state index in [0.29, 0.717) is 18.0 Å². The van der Waals surface area contributed by atoms with Crippen LogP contribution in [0.15, 0.2) is 17.0 Å². The summed E-state index contributed by atoms with van der Waals surface area (Å²) in [6.07, 6.45) is 1.98. The molecule has 0 aliphatic heterocycles. The summed E-state index contributed by atoms with van der Waals surface area (Å²) in [4.78, 5) is 0.467. The zero-order valence-electron chi connectivity index (χ0n) is 13.4. The molecule has 0 radical (unpaired) electrons. The zero-order chi connectivity index (χ0) is 15.6. The first-order valence-corrected chi connectivity index (χ1v) is 9.18. The third kappa shape index (κ3) is 3.47. The van der Waals surface area contributed by atoms with Crippen LogP contribution in [0, 0.1) is 13.8 Å². The smallest absolute Gasteiger partial charge is 0.243 e. The van der Waals surface area contributed by atoms with E-state index >= 15 is 0 Å². The molecule has 0 bridgehead atoms. The molecule has 1 aromatic carbocycles. The Balaban J connectivity index is 2.41. The van der Waals surface area contributed by atoms with Crippen molar-refractivity contribution in [3.63, 3.8) is 0 Å². The minimum absolute atomic E-state index is 0.206. The topological polar surface area (TPSA) is 49.4 Å². The average Bonchev–Trinajstić information content (AvgIpc) is 3.22. The van der Waals surface area contributed by atoms with Gasteiger partial charge in [0.25, 0.3) is 0 Å². The fraction of sp³-hybridized carbons (Fsp3) is 0.625. The van der Waals surface area contributed by atoms with Gasteiger partial charge in [0.1, 0.15) is 0 Å². The maximum absolute atomic E-state index is 12.9. The molecule has 118 valence electrons. The zero-order valence-corrected chi connectivity index (χ0v) is 14.3. The number of aryl methyl sites for hydroxylation is 2. The Labute approximate surface area is 128 Å². The lowest BCUT2D eigenvalue weighted by Crippen LogP contribution is -2.33. The van der Waals surface area contributed by atoms with E-state index in [1.807, 2.05) is 39.8 Å². The molecule has 21 heavy (non-hydrogen) atoms. The van der Waals surface area contributed by atoms with Gasteiger partial charge in [0.05, 0.1) is 4.90 Å². The molecule has 1 saturated carbocycles. The molecule has 1 fully saturated rings. The van der Waals surface area contributed by atoms with E-state index in [2.05, 4.69) is 5.32 Å². The van der Waals surface area contributed by atoms with Crippen molar-refractivity contribution in [2.45, 2.75) is 58.0 Å². The average molecular weight is 310 g/mol. The Morgan fingerprint density at radius 3 is 2.38 bits per heavy atom. The SMILES string of the molecule is CCNCc1cc(S(=O)(=O)N(CC)C2CC2)c(C)cc1C. The molecule has 1 aromatic rings. The third-order valence-electron chi connectivity index (χ3n) is 4.05.